The molecule has 2 aromatic rings. The third-order valence-electron chi connectivity index (χ3n) is 6.01. The molecule has 6 nitrogen and oxygen atoms in total. The predicted molar refractivity (Wildman–Crippen MR) is 111 cm³/mol. The number of sulfone groups is 1. The fourth-order valence-electron chi connectivity index (χ4n) is 4.24. The third kappa shape index (κ3) is 4.67. The van der Waals surface area contributed by atoms with Crippen molar-refractivity contribution in [1.29, 1.82) is 0 Å². The van der Waals surface area contributed by atoms with Gasteiger partial charge in [0.05, 0.1) is 16.9 Å². The number of amides is 1. The Bertz CT molecular complexity index is 952. The summed E-state index contributed by atoms with van der Waals surface area (Å²) in [4.78, 5) is 17.3. The zero-order valence-electron chi connectivity index (χ0n) is 16.3. The molecule has 2 fully saturated rings. The third-order valence-corrected chi connectivity index (χ3v) is 7.78. The van der Waals surface area contributed by atoms with Gasteiger partial charge >= 0.3 is 0 Å². The van der Waals surface area contributed by atoms with Gasteiger partial charge in [-0.2, -0.15) is 0 Å². The largest absolute Gasteiger partial charge is 0.381 e. The molecule has 7 heteroatoms. The van der Waals surface area contributed by atoms with E-state index in [0.29, 0.717) is 38.9 Å². The SMILES string of the molecule is O=C(NC1CCS(=O)(=O)C1)C1(Cc2ccc(-c3ccncc3)cc2)CCOCC1. The van der Waals surface area contributed by atoms with Gasteiger partial charge in [-0.3, -0.25) is 9.78 Å². The van der Waals surface area contributed by atoms with Crippen LogP contribution >= 0.6 is 0 Å². The Kier molecular flexibility index (Phi) is 5.69. The van der Waals surface area contributed by atoms with Crippen molar-refractivity contribution in [3.8, 4) is 11.1 Å². The molecule has 0 saturated carbocycles. The molecule has 2 saturated heterocycles. The minimum Gasteiger partial charge on any atom is -0.381 e. The van der Waals surface area contributed by atoms with E-state index in [1.54, 1.807) is 12.4 Å². The van der Waals surface area contributed by atoms with Crippen LogP contribution in [0.5, 0.6) is 0 Å². The van der Waals surface area contributed by atoms with E-state index in [2.05, 4.69) is 34.6 Å². The lowest BCUT2D eigenvalue weighted by molar-refractivity contribution is -0.137. The lowest BCUT2D eigenvalue weighted by Crippen LogP contribution is -2.49. The number of hydrogen-bond donors (Lipinski definition) is 1. The average Bonchev–Trinajstić information content (AvgIpc) is 3.08. The van der Waals surface area contributed by atoms with E-state index >= 15 is 0 Å². The number of benzene rings is 1. The number of carbonyl (C=O) groups is 1. The summed E-state index contributed by atoms with van der Waals surface area (Å²) in [6.07, 6.45) is 5.95. The molecule has 1 amide bonds. The number of nitrogens with one attached hydrogen (secondary N) is 1. The molecule has 1 unspecified atom stereocenters. The van der Waals surface area contributed by atoms with E-state index in [9.17, 15) is 13.2 Å². The second-order valence-corrected chi connectivity index (χ2v) is 10.3. The molecule has 2 aliphatic rings. The molecular weight excluding hydrogens is 388 g/mol. The van der Waals surface area contributed by atoms with Crippen molar-refractivity contribution < 1.29 is 17.9 Å². The van der Waals surface area contributed by atoms with Crippen LogP contribution in [0.4, 0.5) is 0 Å². The number of nitrogens with zero attached hydrogens (tertiary/aromatic N) is 1. The summed E-state index contributed by atoms with van der Waals surface area (Å²) in [6.45, 7) is 1.09. The van der Waals surface area contributed by atoms with Crippen molar-refractivity contribution in [2.24, 2.45) is 5.41 Å². The summed E-state index contributed by atoms with van der Waals surface area (Å²) in [6, 6.07) is 11.9. The fourth-order valence-corrected chi connectivity index (χ4v) is 5.92. The Labute approximate surface area is 171 Å². The van der Waals surface area contributed by atoms with E-state index in [4.69, 9.17) is 4.74 Å². The molecule has 0 bridgehead atoms. The Morgan fingerprint density at radius 2 is 1.72 bits per heavy atom. The normalized spacial score (nSPS) is 22.8. The van der Waals surface area contributed by atoms with Gasteiger partial charge < -0.3 is 10.1 Å². The van der Waals surface area contributed by atoms with Crippen LogP contribution in [-0.4, -0.2) is 50.1 Å². The van der Waals surface area contributed by atoms with E-state index in [-0.39, 0.29) is 23.5 Å². The van der Waals surface area contributed by atoms with E-state index < -0.39 is 15.3 Å². The first-order valence-electron chi connectivity index (χ1n) is 10.0. The number of pyridine rings is 1. The second kappa shape index (κ2) is 8.24. The smallest absolute Gasteiger partial charge is 0.226 e. The van der Waals surface area contributed by atoms with Crippen molar-refractivity contribution in [3.63, 3.8) is 0 Å². The Morgan fingerprint density at radius 3 is 2.34 bits per heavy atom. The minimum absolute atomic E-state index is 0.0406. The average molecular weight is 415 g/mol. The van der Waals surface area contributed by atoms with Crippen LogP contribution in [-0.2, 0) is 25.8 Å². The van der Waals surface area contributed by atoms with Gasteiger partial charge in [-0.05, 0) is 54.5 Å². The van der Waals surface area contributed by atoms with Crippen LogP contribution in [0, 0.1) is 5.41 Å². The molecule has 154 valence electrons. The van der Waals surface area contributed by atoms with Gasteiger partial charge in [0, 0.05) is 31.6 Å². The van der Waals surface area contributed by atoms with Crippen LogP contribution in [0.2, 0.25) is 0 Å². The predicted octanol–water partition coefficient (Wildman–Crippen LogP) is 2.39. The molecule has 1 N–H and O–H groups in total. The van der Waals surface area contributed by atoms with Gasteiger partial charge in [-0.25, -0.2) is 8.42 Å². The lowest BCUT2D eigenvalue weighted by Gasteiger charge is -2.36. The molecule has 1 aromatic heterocycles. The second-order valence-electron chi connectivity index (χ2n) is 8.08. The van der Waals surface area contributed by atoms with Crippen molar-refractivity contribution in [2.45, 2.75) is 31.7 Å². The summed E-state index contributed by atoms with van der Waals surface area (Å²) in [5.41, 5.74) is 2.76. The zero-order valence-corrected chi connectivity index (χ0v) is 17.2. The summed E-state index contributed by atoms with van der Waals surface area (Å²) in [7, 11) is -3.03. The summed E-state index contributed by atoms with van der Waals surface area (Å²) in [5.74, 6) is 0.164. The van der Waals surface area contributed by atoms with Gasteiger partial charge in [0.1, 0.15) is 0 Å². The maximum Gasteiger partial charge on any atom is 0.226 e. The van der Waals surface area contributed by atoms with Gasteiger partial charge in [-0.1, -0.05) is 24.3 Å². The summed E-state index contributed by atoms with van der Waals surface area (Å²) in [5, 5.41) is 3.02. The Morgan fingerprint density at radius 1 is 1.07 bits per heavy atom. The maximum atomic E-state index is 13.2. The van der Waals surface area contributed by atoms with Gasteiger partial charge in [0.15, 0.2) is 9.84 Å². The van der Waals surface area contributed by atoms with Crippen molar-refractivity contribution >= 4 is 15.7 Å². The highest BCUT2D eigenvalue weighted by atomic mass is 32.2. The van der Waals surface area contributed by atoms with E-state index in [1.165, 1.54) is 0 Å². The molecule has 0 aliphatic carbocycles. The highest BCUT2D eigenvalue weighted by Crippen LogP contribution is 2.35. The highest BCUT2D eigenvalue weighted by Gasteiger charge is 2.42. The van der Waals surface area contributed by atoms with Crippen molar-refractivity contribution in [2.75, 3.05) is 24.7 Å². The monoisotopic (exact) mass is 414 g/mol. The first-order valence-corrected chi connectivity index (χ1v) is 11.9. The minimum atomic E-state index is -3.03. The number of rotatable bonds is 5. The van der Waals surface area contributed by atoms with Gasteiger partial charge in [0.25, 0.3) is 0 Å². The van der Waals surface area contributed by atoms with E-state index in [1.807, 2.05) is 12.1 Å². The quantitative estimate of drug-likeness (QED) is 0.812. The number of hydrogen-bond acceptors (Lipinski definition) is 5. The molecule has 2 aliphatic heterocycles. The molecule has 29 heavy (non-hydrogen) atoms. The highest BCUT2D eigenvalue weighted by molar-refractivity contribution is 7.91. The summed E-state index contributed by atoms with van der Waals surface area (Å²) < 4.78 is 29.0. The van der Waals surface area contributed by atoms with Crippen LogP contribution in [0.15, 0.2) is 48.8 Å². The molecule has 0 spiro atoms. The number of ether oxygens (including phenoxy) is 1. The maximum absolute atomic E-state index is 13.2. The van der Waals surface area contributed by atoms with Gasteiger partial charge in [0.2, 0.25) is 5.91 Å². The van der Waals surface area contributed by atoms with Crippen LogP contribution in [0.25, 0.3) is 11.1 Å². The standard InChI is InChI=1S/C22H26N2O4S/c25-21(24-20-7-14-29(26,27)16-20)22(8-12-28-13-9-22)15-17-1-3-18(4-2-17)19-5-10-23-11-6-19/h1-6,10-11,20H,7-9,12-16H2,(H,24,25). The lowest BCUT2D eigenvalue weighted by atomic mass is 9.74. The van der Waals surface area contributed by atoms with Crippen molar-refractivity contribution in [1.82, 2.24) is 10.3 Å². The first kappa shape index (κ1) is 20.0. The number of carbonyl (C=O) groups excluding carboxylic acids is 1. The summed E-state index contributed by atoms with van der Waals surface area (Å²) >= 11 is 0. The van der Waals surface area contributed by atoms with Crippen molar-refractivity contribution in [3.05, 3.63) is 54.4 Å². The Balaban J connectivity index is 1.50. The topological polar surface area (TPSA) is 85.4 Å². The number of aromatic nitrogens is 1. The molecule has 3 heterocycles. The molecule has 4 rings (SSSR count). The van der Waals surface area contributed by atoms with E-state index in [0.717, 1.165) is 16.7 Å². The van der Waals surface area contributed by atoms with Crippen LogP contribution in [0.3, 0.4) is 0 Å². The molecular formula is C22H26N2O4S. The first-order chi connectivity index (χ1) is 14.0. The molecule has 1 aromatic carbocycles. The molecule has 0 radical (unpaired) electrons. The van der Waals surface area contributed by atoms with Gasteiger partial charge in [-0.15, -0.1) is 0 Å². The fraction of sp³-hybridized carbons (Fsp3) is 0.455. The Hall–Kier alpha value is -2.25. The molecule has 1 atom stereocenters. The zero-order chi connectivity index (χ0) is 20.3. The van der Waals surface area contributed by atoms with Crippen LogP contribution in [0.1, 0.15) is 24.8 Å². The van der Waals surface area contributed by atoms with Crippen LogP contribution < -0.4 is 5.32 Å².